The third kappa shape index (κ3) is 2.90. The first-order chi connectivity index (χ1) is 15.2. The number of pyridine rings is 1. The Morgan fingerprint density at radius 3 is 2.58 bits per heavy atom. The van der Waals surface area contributed by atoms with Crippen LogP contribution < -0.4 is 0 Å². The molecule has 0 aliphatic carbocycles. The minimum Gasteiger partial charge on any atom is -0.353 e. The molecule has 0 saturated heterocycles. The van der Waals surface area contributed by atoms with E-state index in [-0.39, 0.29) is 5.82 Å². The number of aromatic nitrogens is 6. The minimum absolute atomic E-state index is 0.245. The molecule has 0 atom stereocenters. The maximum atomic E-state index is 13.4. The van der Waals surface area contributed by atoms with Crippen molar-refractivity contribution in [3.8, 4) is 33.6 Å². The molecule has 0 spiro atoms. The zero-order valence-corrected chi connectivity index (χ0v) is 16.6. The van der Waals surface area contributed by atoms with Crippen LogP contribution in [0.3, 0.4) is 0 Å². The summed E-state index contributed by atoms with van der Waals surface area (Å²) in [6.45, 7) is 0. The zero-order chi connectivity index (χ0) is 20.9. The normalized spacial score (nSPS) is 11.5. The van der Waals surface area contributed by atoms with Crippen LogP contribution in [-0.2, 0) is 7.05 Å². The molecule has 4 heterocycles. The summed E-state index contributed by atoms with van der Waals surface area (Å²) in [6.07, 6.45) is 5.60. The second-order valence-corrected chi connectivity index (χ2v) is 7.55. The van der Waals surface area contributed by atoms with Gasteiger partial charge in [-0.25, -0.2) is 9.37 Å². The maximum Gasteiger partial charge on any atom is 0.155 e. The van der Waals surface area contributed by atoms with Crippen molar-refractivity contribution < 1.29 is 4.39 Å². The maximum absolute atomic E-state index is 13.4. The van der Waals surface area contributed by atoms with Gasteiger partial charge in [-0.05, 0) is 41.5 Å². The lowest BCUT2D eigenvalue weighted by atomic mass is 10.0. The molecule has 6 nitrogen and oxygen atoms in total. The molecule has 7 heteroatoms. The van der Waals surface area contributed by atoms with Gasteiger partial charge in [-0.15, -0.1) is 0 Å². The van der Waals surface area contributed by atoms with Crippen molar-refractivity contribution in [2.24, 2.45) is 7.05 Å². The minimum atomic E-state index is -0.245. The van der Waals surface area contributed by atoms with E-state index in [9.17, 15) is 4.39 Å². The van der Waals surface area contributed by atoms with E-state index < -0.39 is 0 Å². The van der Waals surface area contributed by atoms with E-state index in [0.717, 1.165) is 55.6 Å². The molecular weight excluding hydrogens is 391 g/mol. The number of fused-ring (bicyclic) bond motifs is 2. The van der Waals surface area contributed by atoms with Crippen molar-refractivity contribution in [2.45, 2.75) is 0 Å². The largest absolute Gasteiger partial charge is 0.353 e. The van der Waals surface area contributed by atoms with Gasteiger partial charge in [0.05, 0.1) is 11.9 Å². The highest BCUT2D eigenvalue weighted by molar-refractivity contribution is 6.01. The van der Waals surface area contributed by atoms with E-state index in [1.807, 2.05) is 43.8 Å². The lowest BCUT2D eigenvalue weighted by Crippen LogP contribution is -1.84. The van der Waals surface area contributed by atoms with E-state index in [0.29, 0.717) is 0 Å². The van der Waals surface area contributed by atoms with E-state index in [1.165, 1.54) is 12.1 Å². The van der Waals surface area contributed by atoms with E-state index in [4.69, 9.17) is 0 Å². The smallest absolute Gasteiger partial charge is 0.155 e. The first kappa shape index (κ1) is 17.6. The highest BCUT2D eigenvalue weighted by Gasteiger charge is 2.15. The SMILES string of the molecule is Cn1cc(-c2cnc3[nH]nc(-c4cc5c(-c6ccc(F)cc6)cccc5[nH]4)c3c2)cn1. The molecule has 2 N–H and O–H groups in total. The number of benzene rings is 2. The van der Waals surface area contributed by atoms with E-state index in [2.05, 4.69) is 37.4 Å². The fourth-order valence-corrected chi connectivity index (χ4v) is 4.00. The number of rotatable bonds is 3. The van der Waals surface area contributed by atoms with Gasteiger partial charge >= 0.3 is 0 Å². The number of halogens is 1. The number of aryl methyl sites for hydroxylation is 1. The van der Waals surface area contributed by atoms with Gasteiger partial charge in [0, 0.05) is 46.9 Å². The molecule has 0 aliphatic rings. The summed E-state index contributed by atoms with van der Waals surface area (Å²) < 4.78 is 15.2. The topological polar surface area (TPSA) is 75.2 Å². The van der Waals surface area contributed by atoms with Crippen molar-refractivity contribution in [3.05, 3.63) is 79.0 Å². The number of nitrogens with one attached hydrogen (secondary N) is 2. The Hall–Kier alpha value is -4.26. The fraction of sp³-hybridized carbons (Fsp3) is 0.0417. The molecule has 0 amide bonds. The quantitative estimate of drug-likeness (QED) is 0.417. The van der Waals surface area contributed by atoms with Crippen LogP contribution in [0.15, 0.2) is 73.2 Å². The Labute approximate surface area is 176 Å². The monoisotopic (exact) mass is 408 g/mol. The zero-order valence-electron chi connectivity index (χ0n) is 16.6. The molecule has 0 bridgehead atoms. The second kappa shape index (κ2) is 6.63. The number of hydrogen-bond acceptors (Lipinski definition) is 3. The van der Waals surface area contributed by atoms with Gasteiger partial charge in [-0.2, -0.15) is 10.2 Å². The third-order valence-corrected chi connectivity index (χ3v) is 5.53. The van der Waals surface area contributed by atoms with Crippen molar-refractivity contribution in [2.75, 3.05) is 0 Å². The van der Waals surface area contributed by atoms with Crippen molar-refractivity contribution in [1.29, 1.82) is 0 Å². The molecule has 0 radical (unpaired) electrons. The Balaban J connectivity index is 1.50. The molecule has 6 rings (SSSR count). The van der Waals surface area contributed by atoms with E-state index >= 15 is 0 Å². The van der Waals surface area contributed by atoms with Crippen LogP contribution in [-0.4, -0.2) is 29.9 Å². The standard InChI is InChI=1S/C24H17FN6/c1-31-13-16(12-27-31)15-9-20-23(29-30-24(20)26-11-15)22-10-19-18(3-2-4-21(19)28-22)14-5-7-17(25)8-6-14/h2-13,28H,1H3,(H,26,29,30). The summed E-state index contributed by atoms with van der Waals surface area (Å²) >= 11 is 0. The van der Waals surface area contributed by atoms with Crippen LogP contribution in [0.2, 0.25) is 0 Å². The molecule has 6 aromatic rings. The number of nitrogens with zero attached hydrogens (tertiary/aromatic N) is 4. The van der Waals surface area contributed by atoms with Gasteiger partial charge < -0.3 is 4.98 Å². The average Bonchev–Trinajstić information content (AvgIpc) is 3.51. The molecule has 0 unspecified atom stereocenters. The predicted octanol–water partition coefficient (Wildman–Crippen LogP) is 5.31. The van der Waals surface area contributed by atoms with Crippen LogP contribution in [0.25, 0.3) is 55.6 Å². The van der Waals surface area contributed by atoms with Gasteiger partial charge in [0.1, 0.15) is 11.5 Å². The molecule has 0 saturated carbocycles. The third-order valence-electron chi connectivity index (χ3n) is 5.53. The van der Waals surface area contributed by atoms with Gasteiger partial charge in [-0.3, -0.25) is 9.78 Å². The number of hydrogen-bond donors (Lipinski definition) is 2. The summed E-state index contributed by atoms with van der Waals surface area (Å²) in [6, 6.07) is 16.8. The Kier molecular flexibility index (Phi) is 3.76. The van der Waals surface area contributed by atoms with Gasteiger partial charge in [0.15, 0.2) is 5.65 Å². The Morgan fingerprint density at radius 1 is 0.903 bits per heavy atom. The summed E-state index contributed by atoms with van der Waals surface area (Å²) in [5.41, 5.74) is 7.38. The van der Waals surface area contributed by atoms with E-state index in [1.54, 1.807) is 16.8 Å². The summed E-state index contributed by atoms with van der Waals surface area (Å²) in [5, 5.41) is 13.8. The van der Waals surface area contributed by atoms with Crippen LogP contribution in [0.1, 0.15) is 0 Å². The fourth-order valence-electron chi connectivity index (χ4n) is 4.00. The van der Waals surface area contributed by atoms with Gasteiger partial charge in [0.25, 0.3) is 0 Å². The highest BCUT2D eigenvalue weighted by atomic mass is 19.1. The molecule has 0 fully saturated rings. The summed E-state index contributed by atoms with van der Waals surface area (Å²) in [7, 11) is 1.89. The highest BCUT2D eigenvalue weighted by Crippen LogP contribution is 2.34. The number of aromatic amines is 2. The molecule has 31 heavy (non-hydrogen) atoms. The Morgan fingerprint density at radius 2 is 1.77 bits per heavy atom. The first-order valence-corrected chi connectivity index (χ1v) is 9.87. The Bertz CT molecular complexity index is 1550. The molecule has 0 aliphatic heterocycles. The lowest BCUT2D eigenvalue weighted by molar-refractivity contribution is 0.628. The molecule has 4 aromatic heterocycles. The van der Waals surface area contributed by atoms with Crippen molar-refractivity contribution in [1.82, 2.24) is 29.9 Å². The van der Waals surface area contributed by atoms with Crippen molar-refractivity contribution >= 4 is 21.9 Å². The molecule has 2 aromatic carbocycles. The van der Waals surface area contributed by atoms with Crippen LogP contribution in [0.5, 0.6) is 0 Å². The summed E-state index contributed by atoms with van der Waals surface area (Å²) in [5.74, 6) is -0.245. The number of H-pyrrole nitrogens is 2. The predicted molar refractivity (Wildman–Crippen MR) is 119 cm³/mol. The van der Waals surface area contributed by atoms with Crippen LogP contribution in [0.4, 0.5) is 4.39 Å². The van der Waals surface area contributed by atoms with Gasteiger partial charge in [0.2, 0.25) is 0 Å². The molecular formula is C24H17FN6. The van der Waals surface area contributed by atoms with Crippen molar-refractivity contribution in [3.63, 3.8) is 0 Å². The summed E-state index contributed by atoms with van der Waals surface area (Å²) in [4.78, 5) is 8.01. The van der Waals surface area contributed by atoms with Gasteiger partial charge in [-0.1, -0.05) is 24.3 Å². The van der Waals surface area contributed by atoms with Crippen LogP contribution >= 0.6 is 0 Å². The lowest BCUT2D eigenvalue weighted by Gasteiger charge is -2.03. The second-order valence-electron chi connectivity index (χ2n) is 7.55. The van der Waals surface area contributed by atoms with Crippen LogP contribution in [0, 0.1) is 5.82 Å². The average molecular weight is 408 g/mol. The first-order valence-electron chi connectivity index (χ1n) is 9.87. The molecule has 150 valence electrons.